The van der Waals surface area contributed by atoms with Crippen LogP contribution in [-0.2, 0) is 14.2 Å². The van der Waals surface area contributed by atoms with Crippen LogP contribution in [0.25, 0.3) is 5.52 Å². The summed E-state index contributed by atoms with van der Waals surface area (Å²) in [6, 6.07) is 7.42. The molecule has 0 aliphatic heterocycles. The monoisotopic (exact) mass is 441 g/mol. The number of ketones is 1. The number of carbonyl (C=O) groups excluding carboxylic acids is 4. The van der Waals surface area contributed by atoms with Crippen LogP contribution in [0.4, 0.5) is 4.39 Å². The van der Waals surface area contributed by atoms with Gasteiger partial charge in [0.15, 0.2) is 0 Å². The van der Waals surface area contributed by atoms with Crippen molar-refractivity contribution in [1.82, 2.24) is 4.40 Å². The van der Waals surface area contributed by atoms with Crippen molar-refractivity contribution in [2.45, 2.75) is 20.0 Å². The maximum Gasteiger partial charge on any atom is 0.341 e. The van der Waals surface area contributed by atoms with E-state index in [-0.39, 0.29) is 39.6 Å². The largest absolute Gasteiger partial charge is 0.465 e. The summed E-state index contributed by atoms with van der Waals surface area (Å²) in [5.74, 6) is -3.71. The normalized spacial score (nSPS) is 10.8. The summed E-state index contributed by atoms with van der Waals surface area (Å²) in [6.45, 7) is 3.37. The van der Waals surface area contributed by atoms with Gasteiger partial charge in [0.05, 0.1) is 31.4 Å². The molecule has 3 aromatic rings. The van der Waals surface area contributed by atoms with Crippen molar-refractivity contribution in [3.05, 3.63) is 76.4 Å². The Hall–Kier alpha value is -4.01. The molecule has 0 atom stereocenters. The van der Waals surface area contributed by atoms with Gasteiger partial charge in [0.1, 0.15) is 22.6 Å². The number of rotatable bonds is 6. The van der Waals surface area contributed by atoms with Gasteiger partial charge in [-0.2, -0.15) is 0 Å². The first kappa shape index (κ1) is 22.7. The lowest BCUT2D eigenvalue weighted by atomic mass is 10.0. The van der Waals surface area contributed by atoms with E-state index in [2.05, 4.69) is 0 Å². The Bertz CT molecular complexity index is 1230. The van der Waals surface area contributed by atoms with Gasteiger partial charge in [0.25, 0.3) is 0 Å². The quantitative estimate of drug-likeness (QED) is 0.328. The van der Waals surface area contributed by atoms with Crippen LogP contribution in [0.1, 0.15) is 61.0 Å². The maximum atomic E-state index is 13.3. The molecule has 0 aliphatic carbocycles. The van der Waals surface area contributed by atoms with Crippen LogP contribution in [0.2, 0.25) is 0 Å². The van der Waals surface area contributed by atoms with Crippen LogP contribution in [-0.4, -0.2) is 48.4 Å². The minimum absolute atomic E-state index is 0.0703. The van der Waals surface area contributed by atoms with Crippen LogP contribution in [0.3, 0.4) is 0 Å². The summed E-state index contributed by atoms with van der Waals surface area (Å²) in [7, 11) is 2.22. The molecule has 0 fully saturated rings. The van der Waals surface area contributed by atoms with Crippen molar-refractivity contribution in [2.75, 3.05) is 14.2 Å². The van der Waals surface area contributed by atoms with Gasteiger partial charge in [-0.1, -0.05) is 0 Å². The molecule has 0 aliphatic rings. The molecule has 8 nitrogen and oxygen atoms in total. The topological polar surface area (TPSA) is 100 Å². The molecule has 0 saturated carbocycles. The number of hydrogen-bond donors (Lipinski definition) is 0. The number of aromatic nitrogens is 1. The zero-order chi connectivity index (χ0) is 23.6. The number of halogens is 1. The SMILES string of the molecule is COC(=O)c1c(C(=O)OC)c2cc(C(=O)OC(C)C)ccn2c1C(=O)c1ccc(F)cc1. The molecule has 0 spiro atoms. The number of fused-ring (bicyclic) bond motifs is 1. The lowest BCUT2D eigenvalue weighted by molar-refractivity contribution is 0.0377. The Balaban J connectivity index is 2.35. The number of carbonyl (C=O) groups is 4. The highest BCUT2D eigenvalue weighted by Crippen LogP contribution is 2.29. The second-order valence-corrected chi connectivity index (χ2v) is 7.04. The van der Waals surface area contributed by atoms with Crippen LogP contribution in [0, 0.1) is 5.82 Å². The van der Waals surface area contributed by atoms with E-state index in [0.29, 0.717) is 0 Å². The highest BCUT2D eigenvalue weighted by Gasteiger charge is 2.33. The highest BCUT2D eigenvalue weighted by molar-refractivity contribution is 6.20. The molecular formula is C23H20FNO7. The van der Waals surface area contributed by atoms with E-state index >= 15 is 0 Å². The Morgan fingerprint density at radius 2 is 1.44 bits per heavy atom. The third-order valence-corrected chi connectivity index (χ3v) is 4.62. The van der Waals surface area contributed by atoms with Crippen molar-refractivity contribution in [2.24, 2.45) is 0 Å². The van der Waals surface area contributed by atoms with E-state index in [1.807, 2.05) is 0 Å². The summed E-state index contributed by atoms with van der Waals surface area (Å²) in [4.78, 5) is 51.0. The molecule has 1 aromatic carbocycles. The maximum absolute atomic E-state index is 13.3. The zero-order valence-corrected chi connectivity index (χ0v) is 17.8. The number of pyridine rings is 1. The predicted octanol–water partition coefficient (Wildman–Crippen LogP) is 3.45. The minimum Gasteiger partial charge on any atom is -0.465 e. The average Bonchev–Trinajstić information content (AvgIpc) is 3.11. The molecule has 166 valence electrons. The van der Waals surface area contributed by atoms with Gasteiger partial charge in [-0.15, -0.1) is 0 Å². The Morgan fingerprint density at radius 1 is 0.844 bits per heavy atom. The number of hydrogen-bond acceptors (Lipinski definition) is 7. The summed E-state index contributed by atoms with van der Waals surface area (Å²) in [5, 5.41) is 0. The molecule has 0 radical (unpaired) electrons. The molecule has 0 unspecified atom stereocenters. The average molecular weight is 441 g/mol. The smallest absolute Gasteiger partial charge is 0.341 e. The fourth-order valence-corrected chi connectivity index (χ4v) is 3.23. The predicted molar refractivity (Wildman–Crippen MR) is 110 cm³/mol. The number of ether oxygens (including phenoxy) is 3. The Morgan fingerprint density at radius 3 is 2.00 bits per heavy atom. The van der Waals surface area contributed by atoms with Gasteiger partial charge in [0.2, 0.25) is 5.78 Å². The van der Waals surface area contributed by atoms with E-state index in [1.54, 1.807) is 13.8 Å². The zero-order valence-electron chi connectivity index (χ0n) is 17.8. The third kappa shape index (κ3) is 4.09. The Labute approximate surface area is 182 Å². The second kappa shape index (κ2) is 9.01. The van der Waals surface area contributed by atoms with Crippen molar-refractivity contribution in [3.63, 3.8) is 0 Å². The van der Waals surface area contributed by atoms with Crippen molar-refractivity contribution in [3.8, 4) is 0 Å². The molecule has 0 amide bonds. The summed E-state index contributed by atoms with van der Waals surface area (Å²) in [5.41, 5.74) is -0.516. The number of benzene rings is 1. The van der Waals surface area contributed by atoms with Gasteiger partial charge in [-0.3, -0.25) is 4.79 Å². The second-order valence-electron chi connectivity index (χ2n) is 7.04. The first-order valence-electron chi connectivity index (χ1n) is 9.55. The summed E-state index contributed by atoms with van der Waals surface area (Å²) < 4.78 is 29.4. The van der Waals surface area contributed by atoms with Crippen LogP contribution in [0.15, 0.2) is 42.6 Å². The van der Waals surface area contributed by atoms with Crippen molar-refractivity contribution in [1.29, 1.82) is 0 Å². The van der Waals surface area contributed by atoms with E-state index in [0.717, 1.165) is 26.4 Å². The van der Waals surface area contributed by atoms with E-state index in [4.69, 9.17) is 14.2 Å². The molecular weight excluding hydrogens is 421 g/mol. The lowest BCUT2D eigenvalue weighted by Gasteiger charge is -2.09. The molecule has 3 rings (SSSR count). The van der Waals surface area contributed by atoms with Gasteiger partial charge >= 0.3 is 17.9 Å². The van der Waals surface area contributed by atoms with Gasteiger partial charge in [-0.25, -0.2) is 18.8 Å². The van der Waals surface area contributed by atoms with Crippen molar-refractivity contribution < 1.29 is 37.8 Å². The Kier molecular flexibility index (Phi) is 6.38. The van der Waals surface area contributed by atoms with Gasteiger partial charge in [0, 0.05) is 11.8 Å². The molecule has 32 heavy (non-hydrogen) atoms. The highest BCUT2D eigenvalue weighted by atomic mass is 19.1. The third-order valence-electron chi connectivity index (χ3n) is 4.62. The van der Waals surface area contributed by atoms with Crippen molar-refractivity contribution >= 4 is 29.2 Å². The first-order valence-corrected chi connectivity index (χ1v) is 9.55. The molecule has 0 saturated heterocycles. The summed E-state index contributed by atoms with van der Waals surface area (Å²) >= 11 is 0. The van der Waals surface area contributed by atoms with Crippen LogP contribution >= 0.6 is 0 Å². The van der Waals surface area contributed by atoms with Gasteiger partial charge in [-0.05, 0) is 50.2 Å². The van der Waals surface area contributed by atoms with E-state index < -0.39 is 29.5 Å². The standard InChI is InChI=1S/C23H20FNO7/c1-12(2)32-21(27)14-9-10-25-16(11-14)17(22(28)30-3)18(23(29)31-4)19(25)20(26)13-5-7-15(24)8-6-13/h5-12H,1-4H3. The van der Waals surface area contributed by atoms with Crippen LogP contribution < -0.4 is 0 Å². The number of esters is 3. The fourth-order valence-electron chi connectivity index (χ4n) is 3.23. The summed E-state index contributed by atoms with van der Waals surface area (Å²) in [6.07, 6.45) is 0.980. The molecule has 0 bridgehead atoms. The molecule has 2 aromatic heterocycles. The minimum atomic E-state index is -0.953. The first-order chi connectivity index (χ1) is 15.2. The fraction of sp³-hybridized carbons (Fsp3) is 0.217. The molecule has 9 heteroatoms. The van der Waals surface area contributed by atoms with E-state index in [1.165, 1.54) is 34.9 Å². The van der Waals surface area contributed by atoms with Gasteiger partial charge < -0.3 is 18.6 Å². The number of nitrogens with zero attached hydrogens (tertiary/aromatic N) is 1. The molecule has 2 heterocycles. The molecule has 0 N–H and O–H groups in total. The van der Waals surface area contributed by atoms with Crippen LogP contribution in [0.5, 0.6) is 0 Å². The lowest BCUT2D eigenvalue weighted by Crippen LogP contribution is -2.15. The van der Waals surface area contributed by atoms with E-state index in [9.17, 15) is 23.6 Å². The number of methoxy groups -OCH3 is 2.